The molecule has 0 aliphatic heterocycles. The van der Waals surface area contributed by atoms with Crippen LogP contribution in [0.4, 0.5) is 0 Å². The van der Waals surface area contributed by atoms with E-state index in [1.54, 1.807) is 0 Å². The smallest absolute Gasteiger partial charge is 0.119 e. The first-order chi connectivity index (χ1) is 5.33. The molecule has 0 atom stereocenters. The van der Waals surface area contributed by atoms with Gasteiger partial charge in [0.25, 0.3) is 0 Å². The topological polar surface area (TPSA) is 72.2 Å². The van der Waals surface area contributed by atoms with Gasteiger partial charge in [-0.15, -0.1) is 0 Å². The van der Waals surface area contributed by atoms with Gasteiger partial charge in [-0.25, -0.2) is 0 Å². The van der Waals surface area contributed by atoms with Crippen LogP contribution < -0.4 is 10.2 Å². The van der Waals surface area contributed by atoms with Crippen LogP contribution in [-0.4, -0.2) is 25.4 Å². The zero-order valence-corrected chi connectivity index (χ0v) is 7.71. The van der Waals surface area contributed by atoms with Crippen molar-refractivity contribution in [1.29, 1.82) is 0 Å². The Balaban J connectivity index is 0. The third-order valence-corrected chi connectivity index (χ3v) is 1.35. The van der Waals surface area contributed by atoms with E-state index >= 15 is 0 Å². The lowest BCUT2D eigenvalue weighted by Crippen LogP contribution is -2.01. The Hall–Kier alpha value is -0.995. The molecule has 4 heteroatoms. The van der Waals surface area contributed by atoms with Crippen LogP contribution in [0.2, 0.25) is 0 Å². The van der Waals surface area contributed by atoms with Gasteiger partial charge in [0.1, 0.15) is 13.6 Å². The standard InChI is InChI=1S/C9H11BO.2H2O/c1-2-7-11-9-5-3-8(10)4-6-9;;/h3-6H,2,7H2,1H3;2*1H2. The van der Waals surface area contributed by atoms with Crippen LogP contribution in [-0.2, 0) is 0 Å². The van der Waals surface area contributed by atoms with Crippen molar-refractivity contribution in [2.24, 2.45) is 0 Å². The number of hydrogen-bond donors (Lipinski definition) is 0. The van der Waals surface area contributed by atoms with E-state index in [4.69, 9.17) is 12.6 Å². The highest BCUT2D eigenvalue weighted by molar-refractivity contribution is 6.32. The highest BCUT2D eigenvalue weighted by atomic mass is 16.5. The predicted molar refractivity (Wildman–Crippen MR) is 54.8 cm³/mol. The van der Waals surface area contributed by atoms with Gasteiger partial charge >= 0.3 is 0 Å². The first-order valence-electron chi connectivity index (χ1n) is 3.81. The molecule has 0 aromatic heterocycles. The fraction of sp³-hybridized carbons (Fsp3) is 0.333. The fourth-order valence-electron chi connectivity index (χ4n) is 0.784. The molecule has 0 saturated heterocycles. The van der Waals surface area contributed by atoms with Crippen molar-refractivity contribution < 1.29 is 15.7 Å². The maximum absolute atomic E-state index is 5.50. The fourth-order valence-corrected chi connectivity index (χ4v) is 0.784. The maximum Gasteiger partial charge on any atom is 0.119 e. The summed E-state index contributed by atoms with van der Waals surface area (Å²) in [6.45, 7) is 2.85. The molecule has 4 N–H and O–H groups in total. The minimum Gasteiger partial charge on any atom is -0.494 e. The molecule has 0 bridgehead atoms. The zero-order chi connectivity index (χ0) is 8.10. The molecule has 0 spiro atoms. The van der Waals surface area contributed by atoms with Crippen molar-refractivity contribution in [3.05, 3.63) is 24.3 Å². The van der Waals surface area contributed by atoms with Gasteiger partial charge < -0.3 is 15.7 Å². The van der Waals surface area contributed by atoms with E-state index in [9.17, 15) is 0 Å². The van der Waals surface area contributed by atoms with Crippen LogP contribution in [0.5, 0.6) is 5.75 Å². The van der Waals surface area contributed by atoms with E-state index in [1.165, 1.54) is 0 Å². The molecule has 0 unspecified atom stereocenters. The number of ether oxygens (including phenoxy) is 1. The summed E-state index contributed by atoms with van der Waals surface area (Å²) in [4.78, 5) is 0. The van der Waals surface area contributed by atoms with E-state index in [0.717, 1.165) is 24.2 Å². The molecule has 0 aliphatic rings. The van der Waals surface area contributed by atoms with Crippen molar-refractivity contribution in [2.75, 3.05) is 6.61 Å². The molecule has 0 heterocycles. The van der Waals surface area contributed by atoms with Gasteiger partial charge in [0, 0.05) is 0 Å². The van der Waals surface area contributed by atoms with Crippen LogP contribution >= 0.6 is 0 Å². The molecular weight excluding hydrogens is 167 g/mol. The highest BCUT2D eigenvalue weighted by Crippen LogP contribution is 2.06. The van der Waals surface area contributed by atoms with Crippen LogP contribution in [0, 0.1) is 0 Å². The van der Waals surface area contributed by atoms with Gasteiger partial charge in [0.2, 0.25) is 0 Å². The number of hydrogen-bond acceptors (Lipinski definition) is 1. The molecule has 1 rings (SSSR count). The quantitative estimate of drug-likeness (QED) is 0.587. The first kappa shape index (κ1) is 14.5. The SMILES string of the molecule is O.O.[B]c1ccc(OCCC)cc1. The Morgan fingerprint density at radius 3 is 2.15 bits per heavy atom. The van der Waals surface area contributed by atoms with E-state index in [-0.39, 0.29) is 11.0 Å². The molecular formula is C9H15BO3. The summed E-state index contributed by atoms with van der Waals surface area (Å²) in [5.41, 5.74) is 0.772. The summed E-state index contributed by atoms with van der Waals surface area (Å²) >= 11 is 0. The van der Waals surface area contributed by atoms with Crippen LogP contribution in [0.3, 0.4) is 0 Å². The van der Waals surface area contributed by atoms with E-state index in [2.05, 4.69) is 6.92 Å². The first-order valence-corrected chi connectivity index (χ1v) is 3.81. The van der Waals surface area contributed by atoms with Crippen LogP contribution in [0.25, 0.3) is 0 Å². The van der Waals surface area contributed by atoms with E-state index in [0.29, 0.717) is 0 Å². The second-order valence-corrected chi connectivity index (χ2v) is 2.42. The molecule has 2 radical (unpaired) electrons. The van der Waals surface area contributed by atoms with Gasteiger partial charge in [-0.2, -0.15) is 0 Å². The average Bonchev–Trinajstić information content (AvgIpc) is 2.04. The van der Waals surface area contributed by atoms with Crippen molar-refractivity contribution >= 4 is 13.3 Å². The molecule has 72 valence electrons. The zero-order valence-electron chi connectivity index (χ0n) is 7.71. The van der Waals surface area contributed by atoms with Gasteiger partial charge in [0.15, 0.2) is 0 Å². The normalized spacial score (nSPS) is 8.08. The van der Waals surface area contributed by atoms with Gasteiger partial charge in [-0.1, -0.05) is 24.5 Å². The Bertz CT molecular complexity index is 211. The van der Waals surface area contributed by atoms with Gasteiger partial charge in [-0.05, 0) is 18.6 Å². The lowest BCUT2D eigenvalue weighted by Gasteiger charge is -2.03. The van der Waals surface area contributed by atoms with Crippen molar-refractivity contribution in [3.8, 4) is 5.75 Å². The minimum absolute atomic E-state index is 0. The summed E-state index contributed by atoms with van der Waals surface area (Å²) in [5, 5.41) is 0. The summed E-state index contributed by atoms with van der Waals surface area (Å²) in [6.07, 6.45) is 1.03. The van der Waals surface area contributed by atoms with Gasteiger partial charge in [-0.3, -0.25) is 0 Å². The average molecular weight is 182 g/mol. The second kappa shape index (κ2) is 7.64. The van der Waals surface area contributed by atoms with Gasteiger partial charge in [0.05, 0.1) is 6.61 Å². The molecule has 0 saturated carbocycles. The van der Waals surface area contributed by atoms with Crippen molar-refractivity contribution in [1.82, 2.24) is 0 Å². The predicted octanol–water partition coefficient (Wildman–Crippen LogP) is -0.380. The van der Waals surface area contributed by atoms with Crippen molar-refractivity contribution in [3.63, 3.8) is 0 Å². The number of rotatable bonds is 3. The third-order valence-electron chi connectivity index (χ3n) is 1.35. The maximum atomic E-state index is 5.50. The second-order valence-electron chi connectivity index (χ2n) is 2.42. The van der Waals surface area contributed by atoms with E-state index in [1.807, 2.05) is 24.3 Å². The Morgan fingerprint density at radius 1 is 1.15 bits per heavy atom. The molecule has 0 amide bonds. The molecule has 13 heavy (non-hydrogen) atoms. The Morgan fingerprint density at radius 2 is 1.69 bits per heavy atom. The van der Waals surface area contributed by atoms with Crippen molar-refractivity contribution in [2.45, 2.75) is 13.3 Å². The molecule has 0 fully saturated rings. The lowest BCUT2D eigenvalue weighted by molar-refractivity contribution is 0.317. The molecule has 1 aromatic carbocycles. The Labute approximate surface area is 79.8 Å². The number of benzene rings is 1. The summed E-state index contributed by atoms with van der Waals surface area (Å²) in [7, 11) is 5.50. The lowest BCUT2D eigenvalue weighted by atomic mass is 9.97. The largest absolute Gasteiger partial charge is 0.494 e. The monoisotopic (exact) mass is 182 g/mol. The van der Waals surface area contributed by atoms with Crippen LogP contribution in [0.15, 0.2) is 24.3 Å². The summed E-state index contributed by atoms with van der Waals surface area (Å²) in [6, 6.07) is 7.44. The summed E-state index contributed by atoms with van der Waals surface area (Å²) < 4.78 is 5.35. The van der Waals surface area contributed by atoms with E-state index < -0.39 is 0 Å². The molecule has 1 aromatic rings. The Kier molecular flexibility index (Phi) is 8.54. The van der Waals surface area contributed by atoms with Crippen LogP contribution in [0.1, 0.15) is 13.3 Å². The minimum atomic E-state index is 0. The third kappa shape index (κ3) is 5.28. The highest BCUT2D eigenvalue weighted by Gasteiger charge is 1.89. The molecule has 0 aliphatic carbocycles. The summed E-state index contributed by atoms with van der Waals surface area (Å²) in [5.74, 6) is 0.890. The molecule has 3 nitrogen and oxygen atoms in total.